The van der Waals surface area contributed by atoms with E-state index in [4.69, 9.17) is 0 Å². The van der Waals surface area contributed by atoms with Crippen LogP contribution in [0.3, 0.4) is 0 Å². The van der Waals surface area contributed by atoms with Gasteiger partial charge >= 0.3 is 0 Å². The minimum atomic E-state index is -0.443. The lowest BCUT2D eigenvalue weighted by molar-refractivity contribution is -0.112. The monoisotopic (exact) mass is 296 g/mol. The Morgan fingerprint density at radius 2 is 1.82 bits per heavy atom. The third-order valence-electron chi connectivity index (χ3n) is 3.84. The quantitative estimate of drug-likeness (QED) is 0.337. The summed E-state index contributed by atoms with van der Waals surface area (Å²) < 4.78 is 0. The Kier molecular flexibility index (Phi) is 7.59. The molecule has 1 aromatic carbocycles. The fourth-order valence-corrected chi connectivity index (χ4v) is 2.27. The molecule has 1 heteroatoms. The number of allylic oxidation sites excluding steroid dienone is 6. The van der Waals surface area contributed by atoms with E-state index in [1.165, 1.54) is 11.1 Å². The molecule has 1 nitrogen and oxygen atoms in total. The summed E-state index contributed by atoms with van der Waals surface area (Å²) in [4.78, 5) is 11.5. The molecular weight excluding hydrogens is 268 g/mol. The predicted molar refractivity (Wildman–Crippen MR) is 96.0 cm³/mol. The Morgan fingerprint density at radius 1 is 1.14 bits per heavy atom. The van der Waals surface area contributed by atoms with Crippen molar-refractivity contribution in [3.63, 3.8) is 0 Å². The molecule has 1 rings (SSSR count). The van der Waals surface area contributed by atoms with Crippen molar-refractivity contribution in [2.75, 3.05) is 0 Å². The Hall–Kier alpha value is -1.89. The van der Waals surface area contributed by atoms with E-state index in [2.05, 4.69) is 45.1 Å². The molecule has 0 bridgehead atoms. The second-order valence-corrected chi connectivity index (χ2v) is 6.37. The maximum atomic E-state index is 11.5. The number of carbonyl (C=O) groups is 1. The highest BCUT2D eigenvalue weighted by Crippen LogP contribution is 2.25. The van der Waals surface area contributed by atoms with Crippen molar-refractivity contribution in [3.05, 3.63) is 71.3 Å². The molecule has 0 aliphatic rings. The van der Waals surface area contributed by atoms with Gasteiger partial charge in [-0.15, -0.1) is 0 Å². The lowest BCUT2D eigenvalue weighted by atomic mass is 9.81. The van der Waals surface area contributed by atoms with Crippen molar-refractivity contribution < 1.29 is 4.79 Å². The van der Waals surface area contributed by atoms with E-state index in [0.29, 0.717) is 0 Å². The minimum absolute atomic E-state index is 0.443. The molecule has 0 saturated carbocycles. The molecule has 0 radical (unpaired) electrons. The van der Waals surface area contributed by atoms with Crippen molar-refractivity contribution in [2.24, 2.45) is 0 Å². The van der Waals surface area contributed by atoms with Crippen LogP contribution in [0.15, 0.2) is 65.8 Å². The second kappa shape index (κ2) is 9.19. The molecule has 0 spiro atoms. The molecule has 0 saturated heterocycles. The average Bonchev–Trinajstić information content (AvgIpc) is 2.52. The summed E-state index contributed by atoms with van der Waals surface area (Å²) in [7, 11) is 0. The molecule has 0 N–H and O–H groups in total. The Labute approximate surface area is 135 Å². The largest absolute Gasteiger partial charge is 0.302 e. The molecule has 0 unspecified atom stereocenters. The van der Waals surface area contributed by atoms with Crippen molar-refractivity contribution in [2.45, 2.75) is 52.4 Å². The molecule has 118 valence electrons. The average molecular weight is 296 g/mol. The zero-order valence-electron chi connectivity index (χ0n) is 14.3. The maximum absolute atomic E-state index is 11.5. The smallest absolute Gasteiger partial charge is 0.130 e. The first-order valence-electron chi connectivity index (χ1n) is 7.95. The molecular formula is C21H28O. The van der Waals surface area contributed by atoms with Crippen LogP contribution in [0.1, 0.15) is 52.5 Å². The Balaban J connectivity index is 2.59. The molecule has 22 heavy (non-hydrogen) atoms. The van der Waals surface area contributed by atoms with Gasteiger partial charge in [0.25, 0.3) is 0 Å². The third kappa shape index (κ3) is 6.26. The molecule has 1 atom stereocenters. The number of benzene rings is 1. The van der Waals surface area contributed by atoms with Crippen molar-refractivity contribution in [1.29, 1.82) is 0 Å². The van der Waals surface area contributed by atoms with Gasteiger partial charge in [0, 0.05) is 0 Å². The third-order valence-corrected chi connectivity index (χ3v) is 3.84. The van der Waals surface area contributed by atoms with Gasteiger partial charge in [0.15, 0.2) is 0 Å². The SMILES string of the molecule is CC(C)=CCC/C(C)=C/C=C/C[C@](C)(C=O)c1ccccc1. The van der Waals surface area contributed by atoms with Gasteiger partial charge in [-0.2, -0.15) is 0 Å². The van der Waals surface area contributed by atoms with Gasteiger partial charge < -0.3 is 4.79 Å². The van der Waals surface area contributed by atoms with Gasteiger partial charge in [-0.05, 0) is 52.5 Å². The Bertz CT molecular complexity index is 545. The first-order valence-corrected chi connectivity index (χ1v) is 7.95. The van der Waals surface area contributed by atoms with Crippen LogP contribution in [0, 0.1) is 0 Å². The topological polar surface area (TPSA) is 17.1 Å². The molecule has 0 aliphatic carbocycles. The summed E-state index contributed by atoms with van der Waals surface area (Å²) in [5, 5.41) is 0. The summed E-state index contributed by atoms with van der Waals surface area (Å²) in [6, 6.07) is 9.97. The molecule has 1 aromatic rings. The van der Waals surface area contributed by atoms with Gasteiger partial charge in [0.2, 0.25) is 0 Å². The highest BCUT2D eigenvalue weighted by molar-refractivity contribution is 5.68. The van der Waals surface area contributed by atoms with E-state index in [-0.39, 0.29) is 0 Å². The summed E-state index contributed by atoms with van der Waals surface area (Å²) in [6.45, 7) is 8.40. The number of rotatable bonds is 8. The fraction of sp³-hybridized carbons (Fsp3) is 0.381. The first-order chi connectivity index (χ1) is 10.5. The molecule has 0 aliphatic heterocycles. The highest BCUT2D eigenvalue weighted by atomic mass is 16.1. The van der Waals surface area contributed by atoms with Crippen LogP contribution in [-0.2, 0) is 10.2 Å². The normalized spacial score (nSPS) is 14.6. The van der Waals surface area contributed by atoms with Crippen molar-refractivity contribution >= 4 is 6.29 Å². The maximum Gasteiger partial charge on any atom is 0.130 e. The van der Waals surface area contributed by atoms with Crippen molar-refractivity contribution in [3.8, 4) is 0 Å². The van der Waals surface area contributed by atoms with E-state index >= 15 is 0 Å². The molecule has 0 aromatic heterocycles. The molecule has 0 fully saturated rings. The standard InChI is InChI=1S/C21H28O/c1-18(2)11-10-13-19(3)12-8-9-16-21(4,17-22)20-14-6-5-7-15-20/h5-9,11-12,14-15,17H,10,13,16H2,1-4H3/b9-8+,19-12+/t21-/m1/s1. The van der Waals surface area contributed by atoms with Crippen LogP contribution in [0.25, 0.3) is 0 Å². The summed E-state index contributed by atoms with van der Waals surface area (Å²) in [6.07, 6.45) is 12.5. The van der Waals surface area contributed by atoms with Gasteiger partial charge in [0.05, 0.1) is 5.41 Å². The number of hydrogen-bond acceptors (Lipinski definition) is 1. The lowest BCUT2D eigenvalue weighted by Crippen LogP contribution is -2.22. The van der Waals surface area contributed by atoms with E-state index in [9.17, 15) is 4.79 Å². The lowest BCUT2D eigenvalue weighted by Gasteiger charge is -2.21. The summed E-state index contributed by atoms with van der Waals surface area (Å²) >= 11 is 0. The van der Waals surface area contributed by atoms with E-state index in [0.717, 1.165) is 31.1 Å². The van der Waals surface area contributed by atoms with Crippen LogP contribution >= 0.6 is 0 Å². The molecule has 0 amide bonds. The van der Waals surface area contributed by atoms with Crippen molar-refractivity contribution in [1.82, 2.24) is 0 Å². The van der Waals surface area contributed by atoms with Crippen LogP contribution in [0.4, 0.5) is 0 Å². The van der Waals surface area contributed by atoms with Crippen LogP contribution in [0.5, 0.6) is 0 Å². The second-order valence-electron chi connectivity index (χ2n) is 6.37. The van der Waals surface area contributed by atoms with Gasteiger partial charge in [0.1, 0.15) is 6.29 Å². The summed E-state index contributed by atoms with van der Waals surface area (Å²) in [5.41, 5.74) is 3.36. The number of aldehydes is 1. The predicted octanol–water partition coefficient (Wildman–Crippen LogP) is 5.78. The minimum Gasteiger partial charge on any atom is -0.302 e. The van der Waals surface area contributed by atoms with Gasteiger partial charge in [-0.25, -0.2) is 0 Å². The fourth-order valence-electron chi connectivity index (χ4n) is 2.27. The Morgan fingerprint density at radius 3 is 2.41 bits per heavy atom. The highest BCUT2D eigenvalue weighted by Gasteiger charge is 2.23. The van der Waals surface area contributed by atoms with Gasteiger partial charge in [-0.3, -0.25) is 0 Å². The summed E-state index contributed by atoms with van der Waals surface area (Å²) in [5.74, 6) is 0. The van der Waals surface area contributed by atoms with E-state index < -0.39 is 5.41 Å². The van der Waals surface area contributed by atoms with E-state index in [1.54, 1.807) is 0 Å². The zero-order chi connectivity index (χ0) is 16.4. The number of carbonyl (C=O) groups excluding carboxylic acids is 1. The van der Waals surface area contributed by atoms with Gasteiger partial charge in [-0.1, -0.05) is 65.8 Å². The molecule has 0 heterocycles. The zero-order valence-corrected chi connectivity index (χ0v) is 14.3. The van der Waals surface area contributed by atoms with Crippen LogP contribution < -0.4 is 0 Å². The number of hydrogen-bond donors (Lipinski definition) is 0. The van der Waals surface area contributed by atoms with Crippen LogP contribution in [-0.4, -0.2) is 6.29 Å². The van der Waals surface area contributed by atoms with E-state index in [1.807, 2.05) is 37.3 Å². The van der Waals surface area contributed by atoms with Crippen LogP contribution in [0.2, 0.25) is 0 Å². The first kappa shape index (κ1) is 18.2.